The molecule has 2 unspecified atom stereocenters. The second-order valence-electron chi connectivity index (χ2n) is 4.15. The minimum absolute atomic E-state index is 0.0872. The van der Waals surface area contributed by atoms with E-state index in [2.05, 4.69) is 17.4 Å². The number of hydrogen-bond acceptors (Lipinski definition) is 3. The molecule has 1 aliphatic heterocycles. The Bertz CT molecular complexity index is 320. The molecule has 0 aliphatic carbocycles. The molecule has 0 saturated carbocycles. The van der Waals surface area contributed by atoms with Gasteiger partial charge in [0.1, 0.15) is 0 Å². The predicted molar refractivity (Wildman–Crippen MR) is 68.3 cm³/mol. The van der Waals surface area contributed by atoms with E-state index in [1.165, 1.54) is 5.56 Å². The van der Waals surface area contributed by atoms with Crippen LogP contribution < -0.4 is 5.32 Å². The van der Waals surface area contributed by atoms with Gasteiger partial charge in [0.2, 0.25) is 0 Å². The molecular weight excluding hydrogens is 238 g/mol. The van der Waals surface area contributed by atoms with E-state index < -0.39 is 0 Å². The van der Waals surface area contributed by atoms with Crippen molar-refractivity contribution in [2.75, 3.05) is 26.4 Å². The van der Waals surface area contributed by atoms with Gasteiger partial charge in [0.15, 0.2) is 0 Å². The van der Waals surface area contributed by atoms with E-state index >= 15 is 0 Å². The maximum atomic E-state index is 6.06. The topological polar surface area (TPSA) is 30.5 Å². The molecule has 1 fully saturated rings. The molecule has 2 atom stereocenters. The molecule has 1 heterocycles. The van der Waals surface area contributed by atoms with Crippen molar-refractivity contribution < 1.29 is 9.47 Å². The first-order valence-electron chi connectivity index (χ1n) is 5.93. The Morgan fingerprint density at radius 1 is 1.29 bits per heavy atom. The highest BCUT2D eigenvalue weighted by molar-refractivity contribution is 6.21. The van der Waals surface area contributed by atoms with Crippen LogP contribution in [-0.2, 0) is 16.1 Å². The Balaban J connectivity index is 1.55. The zero-order valence-electron chi connectivity index (χ0n) is 9.77. The van der Waals surface area contributed by atoms with Gasteiger partial charge in [0, 0.05) is 12.6 Å². The van der Waals surface area contributed by atoms with Crippen LogP contribution in [0.4, 0.5) is 0 Å². The smallest absolute Gasteiger partial charge is 0.0745 e. The summed E-state index contributed by atoms with van der Waals surface area (Å²) in [5.41, 5.74) is 1.20. The van der Waals surface area contributed by atoms with E-state index in [-0.39, 0.29) is 11.4 Å². The molecule has 4 heteroatoms. The number of ether oxygens (including phenoxy) is 2. The molecule has 94 valence electrons. The first kappa shape index (κ1) is 12.8. The van der Waals surface area contributed by atoms with Crippen molar-refractivity contribution in [2.24, 2.45) is 0 Å². The van der Waals surface area contributed by atoms with Crippen molar-refractivity contribution in [3.63, 3.8) is 0 Å². The van der Waals surface area contributed by atoms with Gasteiger partial charge in [-0.2, -0.15) is 0 Å². The number of benzene rings is 1. The normalized spacial score (nSPS) is 24.1. The Morgan fingerprint density at radius 2 is 2.12 bits per heavy atom. The predicted octanol–water partition coefficient (Wildman–Crippen LogP) is 1.80. The summed E-state index contributed by atoms with van der Waals surface area (Å²) in [5.74, 6) is 0. The molecule has 1 aromatic rings. The van der Waals surface area contributed by atoms with Gasteiger partial charge in [-0.1, -0.05) is 30.3 Å². The van der Waals surface area contributed by atoms with Crippen LogP contribution in [0, 0.1) is 0 Å². The molecule has 1 aliphatic rings. The second-order valence-corrected chi connectivity index (χ2v) is 4.71. The standard InChI is InChI=1S/C13H18ClNO2/c14-12-9-17-10-13(12)15-6-7-16-8-11-4-2-1-3-5-11/h1-5,12-13,15H,6-10H2. The fraction of sp³-hybridized carbons (Fsp3) is 0.538. The van der Waals surface area contributed by atoms with Crippen molar-refractivity contribution in [2.45, 2.75) is 18.0 Å². The van der Waals surface area contributed by atoms with Crippen molar-refractivity contribution in [1.29, 1.82) is 0 Å². The lowest BCUT2D eigenvalue weighted by atomic mass is 10.2. The minimum Gasteiger partial charge on any atom is -0.378 e. The van der Waals surface area contributed by atoms with Crippen molar-refractivity contribution in [3.05, 3.63) is 35.9 Å². The van der Waals surface area contributed by atoms with E-state index in [0.29, 0.717) is 26.4 Å². The summed E-state index contributed by atoms with van der Waals surface area (Å²) >= 11 is 6.06. The van der Waals surface area contributed by atoms with Gasteiger partial charge in [0.25, 0.3) is 0 Å². The molecule has 1 N–H and O–H groups in total. The van der Waals surface area contributed by atoms with Gasteiger partial charge in [-0.15, -0.1) is 11.6 Å². The highest BCUT2D eigenvalue weighted by atomic mass is 35.5. The SMILES string of the molecule is ClC1COCC1NCCOCc1ccccc1. The number of hydrogen-bond donors (Lipinski definition) is 1. The first-order valence-corrected chi connectivity index (χ1v) is 6.37. The van der Waals surface area contributed by atoms with Crippen LogP contribution in [0.5, 0.6) is 0 Å². The van der Waals surface area contributed by atoms with Gasteiger partial charge >= 0.3 is 0 Å². The van der Waals surface area contributed by atoms with E-state index in [1.54, 1.807) is 0 Å². The largest absolute Gasteiger partial charge is 0.378 e. The van der Waals surface area contributed by atoms with Gasteiger partial charge in [-0.05, 0) is 5.56 Å². The average Bonchev–Trinajstić information content (AvgIpc) is 2.76. The van der Waals surface area contributed by atoms with Gasteiger partial charge in [-0.3, -0.25) is 0 Å². The lowest BCUT2D eigenvalue weighted by molar-refractivity contribution is 0.119. The molecule has 0 spiro atoms. The molecule has 0 amide bonds. The summed E-state index contributed by atoms with van der Waals surface area (Å²) < 4.78 is 10.8. The van der Waals surface area contributed by atoms with Gasteiger partial charge in [-0.25, -0.2) is 0 Å². The molecule has 1 saturated heterocycles. The first-order chi connectivity index (χ1) is 8.36. The molecule has 2 rings (SSSR count). The Hall–Kier alpha value is -0.610. The second kappa shape index (κ2) is 6.97. The third-order valence-corrected chi connectivity index (χ3v) is 3.21. The Labute approximate surface area is 107 Å². The molecule has 3 nitrogen and oxygen atoms in total. The van der Waals surface area contributed by atoms with E-state index in [1.807, 2.05) is 18.2 Å². The summed E-state index contributed by atoms with van der Waals surface area (Å²) in [6.45, 7) is 3.50. The minimum atomic E-state index is 0.0872. The number of rotatable bonds is 6. The van der Waals surface area contributed by atoms with Crippen LogP contribution in [0.1, 0.15) is 5.56 Å². The fourth-order valence-corrected chi connectivity index (χ4v) is 2.05. The molecule has 0 aromatic heterocycles. The van der Waals surface area contributed by atoms with E-state index in [0.717, 1.165) is 6.54 Å². The van der Waals surface area contributed by atoms with Gasteiger partial charge < -0.3 is 14.8 Å². The van der Waals surface area contributed by atoms with Crippen LogP contribution in [0.2, 0.25) is 0 Å². The van der Waals surface area contributed by atoms with Crippen LogP contribution in [-0.4, -0.2) is 37.8 Å². The summed E-state index contributed by atoms with van der Waals surface area (Å²) in [4.78, 5) is 0. The molecule has 0 radical (unpaired) electrons. The maximum absolute atomic E-state index is 6.06. The van der Waals surface area contributed by atoms with Gasteiger partial charge in [0.05, 0.1) is 31.8 Å². The Kier molecular flexibility index (Phi) is 5.26. The van der Waals surface area contributed by atoms with Crippen LogP contribution in [0.25, 0.3) is 0 Å². The van der Waals surface area contributed by atoms with Crippen molar-refractivity contribution in [3.8, 4) is 0 Å². The third kappa shape index (κ3) is 4.28. The highest BCUT2D eigenvalue weighted by Crippen LogP contribution is 2.11. The molecule has 17 heavy (non-hydrogen) atoms. The highest BCUT2D eigenvalue weighted by Gasteiger charge is 2.25. The maximum Gasteiger partial charge on any atom is 0.0745 e. The Morgan fingerprint density at radius 3 is 2.82 bits per heavy atom. The zero-order valence-corrected chi connectivity index (χ0v) is 10.5. The summed E-state index contributed by atoms with van der Waals surface area (Å²) in [6.07, 6.45) is 0. The lowest BCUT2D eigenvalue weighted by Crippen LogP contribution is -2.38. The van der Waals surface area contributed by atoms with Crippen LogP contribution in [0.15, 0.2) is 30.3 Å². The summed E-state index contributed by atoms with van der Waals surface area (Å²) in [5, 5.41) is 3.42. The monoisotopic (exact) mass is 255 g/mol. The van der Waals surface area contributed by atoms with Crippen molar-refractivity contribution >= 4 is 11.6 Å². The molecule has 0 bridgehead atoms. The summed E-state index contributed by atoms with van der Waals surface area (Å²) in [6, 6.07) is 10.4. The molecule has 1 aromatic carbocycles. The third-order valence-electron chi connectivity index (χ3n) is 2.78. The number of nitrogens with one attached hydrogen (secondary N) is 1. The fourth-order valence-electron chi connectivity index (χ4n) is 1.80. The zero-order chi connectivity index (χ0) is 11.9. The van der Waals surface area contributed by atoms with Crippen LogP contribution >= 0.6 is 11.6 Å². The average molecular weight is 256 g/mol. The van der Waals surface area contributed by atoms with E-state index in [9.17, 15) is 0 Å². The molecular formula is C13H18ClNO2. The summed E-state index contributed by atoms with van der Waals surface area (Å²) in [7, 11) is 0. The van der Waals surface area contributed by atoms with Crippen molar-refractivity contribution in [1.82, 2.24) is 5.32 Å². The van der Waals surface area contributed by atoms with E-state index in [4.69, 9.17) is 21.1 Å². The lowest BCUT2D eigenvalue weighted by Gasteiger charge is -2.13. The number of alkyl halides is 1. The quantitative estimate of drug-likeness (QED) is 0.621. The van der Waals surface area contributed by atoms with Crippen LogP contribution in [0.3, 0.4) is 0 Å². The number of halogens is 1.